The van der Waals surface area contributed by atoms with E-state index in [-0.39, 0.29) is 47.9 Å². The van der Waals surface area contributed by atoms with Crippen LogP contribution in [0.3, 0.4) is 0 Å². The lowest BCUT2D eigenvalue weighted by Crippen LogP contribution is -2.46. The first kappa shape index (κ1) is 39.0. The minimum absolute atomic E-state index is 0.101. The number of hydrogen-bond acceptors (Lipinski definition) is 10. The average molecular weight is 824 g/mol. The molecule has 2 atom stereocenters. The number of aliphatic imine (C=N–C) groups is 1. The van der Waals surface area contributed by atoms with Crippen molar-refractivity contribution in [3.05, 3.63) is 124 Å². The standard InChI is InChI=1S/C47H45N5O7S/c1-47(2,60)14-13-44(53)49-31-16-27(25-58-41-22-35-33(20-39(41)56-3)45(54)51-32(24-48-35)18-29-9-5-7-11-37(29)51)15-28(17-31)26-59-42-23-36-34(21-40(42)57-4)46(55)52-38-12-8-6-10-30(38)19-43(52)50-36/h5-12,15-17,20-24,32,43,50,60H,13-14,18-19,25-26H2,1-4H3,(H,49,53). The molecule has 5 aromatic rings. The van der Waals surface area contributed by atoms with Crippen LogP contribution >= 0.6 is 12.6 Å². The van der Waals surface area contributed by atoms with Crippen LogP contribution in [0.2, 0.25) is 0 Å². The number of nitrogens with one attached hydrogen (secondary N) is 2. The molecule has 2 unspecified atom stereocenters. The minimum Gasteiger partial charge on any atom is -0.493 e. The highest BCUT2D eigenvalue weighted by Gasteiger charge is 2.40. The first-order valence-electron chi connectivity index (χ1n) is 19.9. The highest BCUT2D eigenvalue weighted by atomic mass is 32.1. The van der Waals surface area contributed by atoms with Crippen LogP contribution in [0.5, 0.6) is 23.0 Å². The largest absolute Gasteiger partial charge is 0.493 e. The minimum atomic E-state index is -0.304. The Morgan fingerprint density at radius 3 is 2.05 bits per heavy atom. The van der Waals surface area contributed by atoms with Gasteiger partial charge < -0.3 is 29.6 Å². The molecule has 4 heterocycles. The Hall–Kier alpha value is -6.47. The average Bonchev–Trinajstić information content (AvgIpc) is 3.77. The lowest BCUT2D eigenvalue weighted by molar-refractivity contribution is -0.116. The second-order valence-electron chi connectivity index (χ2n) is 16.1. The maximum Gasteiger partial charge on any atom is 0.262 e. The third kappa shape index (κ3) is 7.49. The molecule has 2 N–H and O–H groups in total. The van der Waals surface area contributed by atoms with Crippen molar-refractivity contribution in [2.24, 2.45) is 4.99 Å². The summed E-state index contributed by atoms with van der Waals surface area (Å²) in [6.07, 6.45) is 3.88. The van der Waals surface area contributed by atoms with Crippen molar-refractivity contribution < 1.29 is 33.3 Å². The number of carbonyl (C=O) groups is 3. The van der Waals surface area contributed by atoms with Crippen LogP contribution in [-0.4, -0.2) is 55.1 Å². The Balaban J connectivity index is 0.967. The molecule has 0 bridgehead atoms. The molecular formula is C47H45N5O7S. The summed E-state index contributed by atoms with van der Waals surface area (Å²) in [6.45, 7) is 4.16. The van der Waals surface area contributed by atoms with Gasteiger partial charge in [-0.3, -0.25) is 29.2 Å². The summed E-state index contributed by atoms with van der Waals surface area (Å²) < 4.78 is 24.0. The molecule has 0 fully saturated rings. The van der Waals surface area contributed by atoms with E-state index in [0.717, 1.165) is 33.6 Å². The molecule has 12 nitrogen and oxygen atoms in total. The van der Waals surface area contributed by atoms with Gasteiger partial charge in [0.05, 0.1) is 42.8 Å². The van der Waals surface area contributed by atoms with Crippen LogP contribution in [0.15, 0.2) is 96.0 Å². The maximum absolute atomic E-state index is 14.0. The van der Waals surface area contributed by atoms with Crippen LogP contribution in [0.25, 0.3) is 0 Å². The van der Waals surface area contributed by atoms with E-state index in [1.165, 1.54) is 7.11 Å². The molecule has 3 amide bonds. The number of benzene rings is 5. The van der Waals surface area contributed by atoms with E-state index in [9.17, 15) is 14.4 Å². The van der Waals surface area contributed by atoms with Crippen molar-refractivity contribution in [1.29, 1.82) is 0 Å². The molecule has 0 saturated heterocycles. The predicted octanol–water partition coefficient (Wildman–Crippen LogP) is 8.53. The number of thiol groups is 1. The summed E-state index contributed by atoms with van der Waals surface area (Å²) in [5, 5.41) is 6.57. The van der Waals surface area contributed by atoms with Crippen molar-refractivity contribution in [3.8, 4) is 23.0 Å². The van der Waals surface area contributed by atoms with Crippen LogP contribution in [0.1, 0.15) is 69.7 Å². The Labute approximate surface area is 353 Å². The number of amides is 3. The fourth-order valence-corrected chi connectivity index (χ4v) is 8.46. The SMILES string of the molecule is COc1cc2c(cc1OCc1cc(COc3cc4c(cc3OC)C(=O)N3c5ccccc5CC3N4)cc(NC(=O)CCC(C)(C)S)c1)N=CC1Cc3ccccc3N1C2=O. The number of para-hydroxylation sites is 2. The fraction of sp³-hybridized carbons (Fsp3) is 0.277. The summed E-state index contributed by atoms with van der Waals surface area (Å²) in [5.74, 6) is 1.28. The fourth-order valence-electron chi connectivity index (χ4n) is 8.35. The van der Waals surface area contributed by atoms with Crippen LogP contribution < -0.4 is 39.4 Å². The van der Waals surface area contributed by atoms with Crippen molar-refractivity contribution in [2.45, 2.75) is 69.7 Å². The molecule has 13 heteroatoms. The van der Waals surface area contributed by atoms with E-state index in [4.69, 9.17) is 23.9 Å². The van der Waals surface area contributed by atoms with E-state index < -0.39 is 0 Å². The van der Waals surface area contributed by atoms with Crippen molar-refractivity contribution in [3.63, 3.8) is 0 Å². The van der Waals surface area contributed by atoms with Crippen molar-refractivity contribution >= 4 is 65.0 Å². The van der Waals surface area contributed by atoms with Crippen LogP contribution in [0, 0.1) is 0 Å². The number of fused-ring (bicyclic) bond motifs is 8. The number of anilines is 4. The van der Waals surface area contributed by atoms with Gasteiger partial charge in [-0.15, -0.1) is 0 Å². The summed E-state index contributed by atoms with van der Waals surface area (Å²) in [5.41, 5.74) is 8.16. The van der Waals surface area contributed by atoms with Crippen LogP contribution in [0.4, 0.5) is 28.4 Å². The number of rotatable bonds is 12. The highest BCUT2D eigenvalue weighted by molar-refractivity contribution is 7.81. The van der Waals surface area contributed by atoms with Gasteiger partial charge in [-0.05, 0) is 71.1 Å². The predicted molar refractivity (Wildman–Crippen MR) is 235 cm³/mol. The number of ether oxygens (including phenoxy) is 4. The zero-order chi connectivity index (χ0) is 41.7. The molecule has 0 aromatic heterocycles. The third-order valence-corrected chi connectivity index (χ3v) is 11.5. The van der Waals surface area contributed by atoms with Gasteiger partial charge in [0.2, 0.25) is 5.91 Å². The lowest BCUT2D eigenvalue weighted by Gasteiger charge is -2.33. The van der Waals surface area contributed by atoms with Gasteiger partial charge in [-0.2, -0.15) is 12.6 Å². The normalized spacial score (nSPS) is 17.0. The van der Waals surface area contributed by atoms with E-state index in [1.807, 2.05) is 92.9 Å². The van der Waals surface area contributed by atoms with E-state index in [0.29, 0.717) is 76.9 Å². The van der Waals surface area contributed by atoms with Gasteiger partial charge in [-0.1, -0.05) is 50.2 Å². The zero-order valence-corrected chi connectivity index (χ0v) is 34.7. The quantitative estimate of drug-likeness (QED) is 0.107. The molecule has 0 saturated carbocycles. The molecule has 306 valence electrons. The van der Waals surface area contributed by atoms with Gasteiger partial charge in [0.1, 0.15) is 19.4 Å². The second kappa shape index (κ2) is 15.6. The topological polar surface area (TPSA) is 131 Å². The number of methoxy groups -OCH3 is 2. The molecule has 4 aliphatic heterocycles. The Morgan fingerprint density at radius 1 is 0.783 bits per heavy atom. The molecule has 4 aliphatic rings. The molecule has 5 aromatic carbocycles. The smallest absolute Gasteiger partial charge is 0.262 e. The van der Waals surface area contributed by atoms with Crippen molar-refractivity contribution in [2.75, 3.05) is 34.7 Å². The lowest BCUT2D eigenvalue weighted by atomic mass is 10.1. The first-order chi connectivity index (χ1) is 29.0. The monoisotopic (exact) mass is 823 g/mol. The molecular weight excluding hydrogens is 779 g/mol. The van der Waals surface area contributed by atoms with Gasteiger partial charge >= 0.3 is 0 Å². The molecule has 60 heavy (non-hydrogen) atoms. The first-order valence-corrected chi connectivity index (χ1v) is 20.4. The maximum atomic E-state index is 14.0. The number of nitrogens with zero attached hydrogens (tertiary/aromatic N) is 3. The number of hydrogen-bond donors (Lipinski definition) is 3. The summed E-state index contributed by atoms with van der Waals surface area (Å²) in [7, 11) is 3.08. The van der Waals surface area contributed by atoms with Crippen LogP contribution in [-0.2, 0) is 30.8 Å². The second-order valence-corrected chi connectivity index (χ2v) is 17.3. The molecule has 0 spiro atoms. The summed E-state index contributed by atoms with van der Waals surface area (Å²) in [6, 6.07) is 28.3. The summed E-state index contributed by atoms with van der Waals surface area (Å²) in [4.78, 5) is 49.2. The van der Waals surface area contributed by atoms with Gasteiger partial charge in [0.25, 0.3) is 11.8 Å². The van der Waals surface area contributed by atoms with E-state index >= 15 is 0 Å². The van der Waals surface area contributed by atoms with E-state index in [2.05, 4.69) is 23.3 Å². The Morgan fingerprint density at radius 2 is 1.38 bits per heavy atom. The molecule has 9 rings (SSSR count). The van der Waals surface area contributed by atoms with Crippen molar-refractivity contribution in [1.82, 2.24) is 0 Å². The molecule has 0 radical (unpaired) electrons. The molecule has 0 aliphatic carbocycles. The van der Waals surface area contributed by atoms with Gasteiger partial charge in [-0.25, -0.2) is 0 Å². The summed E-state index contributed by atoms with van der Waals surface area (Å²) >= 11 is 4.59. The van der Waals surface area contributed by atoms with Gasteiger partial charge in [0.15, 0.2) is 23.0 Å². The Kier molecular flexibility index (Phi) is 10.2. The number of carbonyl (C=O) groups excluding carboxylic acids is 3. The van der Waals surface area contributed by atoms with Gasteiger partial charge in [0, 0.05) is 59.4 Å². The zero-order valence-electron chi connectivity index (χ0n) is 33.8. The highest BCUT2D eigenvalue weighted by Crippen LogP contribution is 2.44. The third-order valence-electron chi connectivity index (χ3n) is 11.3. The van der Waals surface area contributed by atoms with E-state index in [1.54, 1.807) is 35.1 Å². The Bertz CT molecular complexity index is 2590.